The Bertz CT molecular complexity index is 238. The molecule has 0 aromatic heterocycles. The molecule has 60 valence electrons. The normalized spacial score (nSPS) is 13.1. The van der Waals surface area contributed by atoms with E-state index in [2.05, 4.69) is 31.9 Å². The molecule has 1 aromatic carbocycles. The molecule has 0 aliphatic carbocycles. The molecule has 0 fully saturated rings. The highest BCUT2D eigenvalue weighted by molar-refractivity contribution is 9.11. The quantitative estimate of drug-likeness (QED) is 0.839. The zero-order valence-electron chi connectivity index (χ0n) is 6.14. The molecule has 2 N–H and O–H groups in total. The van der Waals surface area contributed by atoms with Gasteiger partial charge in [0.05, 0.1) is 0 Å². The molecule has 1 aromatic rings. The van der Waals surface area contributed by atoms with Crippen LogP contribution >= 0.6 is 31.9 Å². The molecule has 0 saturated carbocycles. The SMILES string of the molecule is C[C@@H](N)c1cc(Br)cc(Br)c1. The summed E-state index contributed by atoms with van der Waals surface area (Å²) in [4.78, 5) is 0. The van der Waals surface area contributed by atoms with E-state index in [4.69, 9.17) is 5.73 Å². The predicted octanol–water partition coefficient (Wildman–Crippen LogP) is 3.23. The van der Waals surface area contributed by atoms with Crippen LogP contribution in [0.25, 0.3) is 0 Å². The van der Waals surface area contributed by atoms with Gasteiger partial charge in [-0.15, -0.1) is 0 Å². The molecule has 0 aliphatic heterocycles. The molecule has 0 radical (unpaired) electrons. The monoisotopic (exact) mass is 277 g/mol. The van der Waals surface area contributed by atoms with Crippen LogP contribution in [0.15, 0.2) is 27.1 Å². The molecule has 0 bridgehead atoms. The van der Waals surface area contributed by atoms with Crippen LogP contribution in [0.1, 0.15) is 18.5 Å². The van der Waals surface area contributed by atoms with Crippen LogP contribution in [0.5, 0.6) is 0 Å². The van der Waals surface area contributed by atoms with E-state index in [1.165, 1.54) is 0 Å². The first kappa shape index (κ1) is 9.23. The summed E-state index contributed by atoms with van der Waals surface area (Å²) in [5.74, 6) is 0. The Kier molecular flexibility index (Phi) is 3.10. The Balaban J connectivity index is 3.08. The number of benzene rings is 1. The Morgan fingerprint density at radius 2 is 1.64 bits per heavy atom. The van der Waals surface area contributed by atoms with Crippen molar-refractivity contribution in [3.63, 3.8) is 0 Å². The molecule has 1 rings (SSSR count). The molecule has 0 unspecified atom stereocenters. The van der Waals surface area contributed by atoms with Crippen molar-refractivity contribution in [2.45, 2.75) is 13.0 Å². The number of nitrogens with two attached hydrogens (primary N) is 1. The first-order valence-corrected chi connectivity index (χ1v) is 4.90. The van der Waals surface area contributed by atoms with Crippen LogP contribution in [0, 0.1) is 0 Å². The van der Waals surface area contributed by atoms with E-state index in [0.717, 1.165) is 14.5 Å². The molecular weight excluding hydrogens is 270 g/mol. The first-order valence-electron chi connectivity index (χ1n) is 3.31. The molecular formula is C8H9Br2N. The number of rotatable bonds is 1. The van der Waals surface area contributed by atoms with Gasteiger partial charge < -0.3 is 5.73 Å². The van der Waals surface area contributed by atoms with Crippen molar-refractivity contribution in [1.29, 1.82) is 0 Å². The summed E-state index contributed by atoms with van der Waals surface area (Å²) in [6.45, 7) is 1.97. The highest BCUT2D eigenvalue weighted by atomic mass is 79.9. The largest absolute Gasteiger partial charge is 0.324 e. The van der Waals surface area contributed by atoms with Crippen molar-refractivity contribution in [3.8, 4) is 0 Å². The van der Waals surface area contributed by atoms with Crippen molar-refractivity contribution in [1.82, 2.24) is 0 Å². The second kappa shape index (κ2) is 3.70. The smallest absolute Gasteiger partial charge is 0.0266 e. The van der Waals surface area contributed by atoms with E-state index in [-0.39, 0.29) is 6.04 Å². The van der Waals surface area contributed by atoms with Gasteiger partial charge in [0.2, 0.25) is 0 Å². The van der Waals surface area contributed by atoms with Gasteiger partial charge in [0.1, 0.15) is 0 Å². The third-order valence-corrected chi connectivity index (χ3v) is 2.33. The topological polar surface area (TPSA) is 26.0 Å². The van der Waals surface area contributed by atoms with E-state index >= 15 is 0 Å². The lowest BCUT2D eigenvalue weighted by atomic mass is 10.1. The molecule has 11 heavy (non-hydrogen) atoms. The van der Waals surface area contributed by atoms with Crippen molar-refractivity contribution in [2.24, 2.45) is 5.73 Å². The maximum atomic E-state index is 5.71. The summed E-state index contributed by atoms with van der Waals surface area (Å²) in [6, 6.07) is 6.13. The van der Waals surface area contributed by atoms with Crippen molar-refractivity contribution in [3.05, 3.63) is 32.7 Å². The average Bonchev–Trinajstić information content (AvgIpc) is 1.85. The van der Waals surface area contributed by atoms with Crippen molar-refractivity contribution in [2.75, 3.05) is 0 Å². The van der Waals surface area contributed by atoms with E-state index in [1.807, 2.05) is 25.1 Å². The summed E-state index contributed by atoms with van der Waals surface area (Å²) >= 11 is 6.79. The Hall–Kier alpha value is 0.140. The van der Waals surface area contributed by atoms with E-state index in [1.54, 1.807) is 0 Å². The summed E-state index contributed by atoms with van der Waals surface area (Å²) in [5, 5.41) is 0. The first-order chi connectivity index (χ1) is 5.09. The highest BCUT2D eigenvalue weighted by Crippen LogP contribution is 2.22. The molecule has 3 heteroatoms. The maximum absolute atomic E-state index is 5.71. The lowest BCUT2D eigenvalue weighted by Crippen LogP contribution is -2.04. The van der Waals surface area contributed by atoms with Crippen molar-refractivity contribution < 1.29 is 0 Å². The summed E-state index contributed by atoms with van der Waals surface area (Å²) in [6.07, 6.45) is 0. The zero-order valence-corrected chi connectivity index (χ0v) is 9.31. The van der Waals surface area contributed by atoms with E-state index in [9.17, 15) is 0 Å². The van der Waals surface area contributed by atoms with Crippen LogP contribution in [-0.4, -0.2) is 0 Å². The van der Waals surface area contributed by atoms with Crippen LogP contribution in [-0.2, 0) is 0 Å². The van der Waals surface area contributed by atoms with E-state index < -0.39 is 0 Å². The summed E-state index contributed by atoms with van der Waals surface area (Å²) < 4.78 is 2.11. The third kappa shape index (κ3) is 2.58. The van der Waals surface area contributed by atoms with Crippen LogP contribution in [0.4, 0.5) is 0 Å². The Labute approximate surface area is 83.2 Å². The maximum Gasteiger partial charge on any atom is 0.0266 e. The van der Waals surface area contributed by atoms with Gasteiger partial charge in [-0.1, -0.05) is 31.9 Å². The molecule has 0 amide bonds. The third-order valence-electron chi connectivity index (χ3n) is 1.41. The number of hydrogen-bond acceptors (Lipinski definition) is 1. The fraction of sp³-hybridized carbons (Fsp3) is 0.250. The number of halogens is 2. The predicted molar refractivity (Wildman–Crippen MR) is 54.4 cm³/mol. The number of hydrogen-bond donors (Lipinski definition) is 1. The second-order valence-electron chi connectivity index (χ2n) is 2.49. The minimum atomic E-state index is 0.0869. The van der Waals surface area contributed by atoms with Crippen LogP contribution < -0.4 is 5.73 Å². The Morgan fingerprint density at radius 1 is 1.18 bits per heavy atom. The lowest BCUT2D eigenvalue weighted by molar-refractivity contribution is 0.816. The zero-order chi connectivity index (χ0) is 8.43. The van der Waals surface area contributed by atoms with Gasteiger partial charge in [0.25, 0.3) is 0 Å². The minimum Gasteiger partial charge on any atom is -0.324 e. The molecule has 1 nitrogen and oxygen atoms in total. The summed E-state index contributed by atoms with van der Waals surface area (Å²) in [7, 11) is 0. The van der Waals surface area contributed by atoms with Crippen LogP contribution in [0.3, 0.4) is 0 Å². The molecule has 0 heterocycles. The standard InChI is InChI=1S/C8H9Br2N/c1-5(11)6-2-7(9)4-8(10)3-6/h2-5H,11H2,1H3/t5-/m1/s1. The fourth-order valence-electron chi connectivity index (χ4n) is 0.838. The van der Waals surface area contributed by atoms with Crippen LogP contribution in [0.2, 0.25) is 0 Å². The van der Waals surface area contributed by atoms with Gasteiger partial charge in [-0.2, -0.15) is 0 Å². The molecule has 0 saturated heterocycles. The minimum absolute atomic E-state index is 0.0869. The highest BCUT2D eigenvalue weighted by Gasteiger charge is 2.00. The van der Waals surface area contributed by atoms with Gasteiger partial charge in [-0.05, 0) is 30.7 Å². The molecule has 0 aliphatic rings. The van der Waals surface area contributed by atoms with Gasteiger partial charge in [0, 0.05) is 15.0 Å². The second-order valence-corrected chi connectivity index (χ2v) is 4.32. The fourth-order valence-corrected chi connectivity index (χ4v) is 2.17. The van der Waals surface area contributed by atoms with Gasteiger partial charge in [-0.3, -0.25) is 0 Å². The lowest BCUT2D eigenvalue weighted by Gasteiger charge is -2.06. The van der Waals surface area contributed by atoms with Gasteiger partial charge in [0.15, 0.2) is 0 Å². The molecule has 0 spiro atoms. The van der Waals surface area contributed by atoms with E-state index in [0.29, 0.717) is 0 Å². The van der Waals surface area contributed by atoms with Gasteiger partial charge >= 0.3 is 0 Å². The molecule has 1 atom stereocenters. The average molecular weight is 279 g/mol. The van der Waals surface area contributed by atoms with Gasteiger partial charge in [-0.25, -0.2) is 0 Å². The Morgan fingerprint density at radius 3 is 2.00 bits per heavy atom. The summed E-state index contributed by atoms with van der Waals surface area (Å²) in [5.41, 5.74) is 6.84. The van der Waals surface area contributed by atoms with Crippen molar-refractivity contribution >= 4 is 31.9 Å².